The summed E-state index contributed by atoms with van der Waals surface area (Å²) in [6.45, 7) is -2.11. The van der Waals surface area contributed by atoms with E-state index in [1.54, 1.807) is 31.4 Å². The molecule has 24 heavy (non-hydrogen) atoms. The van der Waals surface area contributed by atoms with Crippen LogP contribution in [0.3, 0.4) is 0 Å². The molecule has 0 radical (unpaired) electrons. The number of hydrogen-bond donors (Lipinski definition) is 0. The van der Waals surface area contributed by atoms with Gasteiger partial charge in [0.15, 0.2) is 5.78 Å². The fourth-order valence-corrected chi connectivity index (χ4v) is 2.76. The molecule has 0 saturated carbocycles. The number of rotatable bonds is 5. The van der Waals surface area contributed by atoms with Gasteiger partial charge in [0, 0.05) is 16.8 Å². The van der Waals surface area contributed by atoms with Crippen molar-refractivity contribution in [2.75, 3.05) is 7.11 Å². The second kappa shape index (κ2) is 7.24. The van der Waals surface area contributed by atoms with Gasteiger partial charge in [-0.2, -0.15) is 0 Å². The molecule has 0 N–H and O–H groups in total. The topological polar surface area (TPSA) is 26.3 Å². The Morgan fingerprint density at radius 3 is 2.29 bits per heavy atom. The number of Topliss-reactive ketones (excluding diaryl/α,β-unsaturated/α-hetero) is 1. The summed E-state index contributed by atoms with van der Waals surface area (Å²) in [7, 11) is 1.66. The van der Waals surface area contributed by atoms with Gasteiger partial charge in [-0.15, -0.1) is 0 Å². The lowest BCUT2D eigenvalue weighted by atomic mass is 9.92. The van der Waals surface area contributed by atoms with E-state index >= 15 is 0 Å². The first-order valence-electron chi connectivity index (χ1n) is 9.22. The number of ether oxygens (including phenoxy) is 1. The first-order valence-corrected chi connectivity index (χ1v) is 7.72. The van der Waals surface area contributed by atoms with Crippen molar-refractivity contribution in [2.45, 2.75) is 13.5 Å². The zero-order valence-electron chi connectivity index (χ0n) is 16.5. The van der Waals surface area contributed by atoms with Crippen LogP contribution in [0.5, 0.6) is 0 Å². The van der Waals surface area contributed by atoms with Gasteiger partial charge in [-0.25, -0.2) is 0 Å². The molecule has 0 aliphatic heterocycles. The monoisotopic (exact) mass is 319 g/mol. The van der Waals surface area contributed by atoms with E-state index in [1.807, 2.05) is 42.5 Å². The van der Waals surface area contributed by atoms with Crippen LogP contribution in [0.15, 0.2) is 72.8 Å². The van der Waals surface area contributed by atoms with Crippen LogP contribution in [0.25, 0.3) is 22.3 Å². The van der Waals surface area contributed by atoms with Crippen LogP contribution in [0.2, 0.25) is 0 Å². The van der Waals surface area contributed by atoms with Crippen LogP contribution < -0.4 is 0 Å². The van der Waals surface area contributed by atoms with Gasteiger partial charge in [-0.05, 0) is 40.7 Å². The molecular weight excluding hydrogens is 296 g/mol. The largest absolute Gasteiger partial charge is 0.380 e. The van der Waals surface area contributed by atoms with Gasteiger partial charge < -0.3 is 4.74 Å². The van der Waals surface area contributed by atoms with Crippen molar-refractivity contribution in [1.82, 2.24) is 0 Å². The Balaban J connectivity index is 2.05. The number of benzene rings is 3. The average Bonchev–Trinajstić information content (AvgIpc) is 2.68. The summed E-state index contributed by atoms with van der Waals surface area (Å²) < 4.78 is 27.1. The zero-order valence-corrected chi connectivity index (χ0v) is 13.5. The van der Waals surface area contributed by atoms with Crippen molar-refractivity contribution in [3.05, 3.63) is 83.9 Å². The summed E-state index contributed by atoms with van der Waals surface area (Å²) in [5.74, 6) is -0.840. The minimum atomic E-state index is -2.63. The van der Waals surface area contributed by atoms with Gasteiger partial charge in [0.25, 0.3) is 0 Å². The third kappa shape index (κ3) is 3.44. The molecule has 0 atom stereocenters. The minimum Gasteiger partial charge on any atom is -0.380 e. The molecule has 0 saturated heterocycles. The van der Waals surface area contributed by atoms with E-state index in [9.17, 15) is 4.79 Å². The fourth-order valence-electron chi connectivity index (χ4n) is 2.76. The normalized spacial score (nSPS) is 13.0. The van der Waals surface area contributed by atoms with Crippen LogP contribution in [-0.4, -0.2) is 12.9 Å². The third-order valence-electron chi connectivity index (χ3n) is 3.94. The van der Waals surface area contributed by atoms with Gasteiger partial charge in [-0.3, -0.25) is 4.79 Å². The van der Waals surface area contributed by atoms with E-state index in [-0.39, 0.29) is 5.56 Å². The smallest absolute Gasteiger partial charge is 0.159 e. The van der Waals surface area contributed by atoms with Crippen molar-refractivity contribution in [3.63, 3.8) is 0 Å². The lowest BCUT2D eigenvalue weighted by Crippen LogP contribution is -1.93. The summed E-state index contributed by atoms with van der Waals surface area (Å²) in [6.07, 6.45) is 0. The summed E-state index contributed by atoms with van der Waals surface area (Å²) in [5, 5.41) is 0. The predicted octanol–water partition coefficient (Wildman–Crippen LogP) is 5.37. The van der Waals surface area contributed by atoms with Crippen LogP contribution in [0.4, 0.5) is 0 Å². The third-order valence-corrected chi connectivity index (χ3v) is 3.94. The molecule has 0 aliphatic rings. The van der Waals surface area contributed by atoms with Gasteiger partial charge in [-0.1, -0.05) is 66.7 Å². The van der Waals surface area contributed by atoms with Gasteiger partial charge in [0.1, 0.15) is 0 Å². The highest BCUT2D eigenvalue weighted by atomic mass is 16.5. The van der Waals surface area contributed by atoms with Crippen LogP contribution in [0, 0.1) is 0 Å². The summed E-state index contributed by atoms with van der Waals surface area (Å²) in [4.78, 5) is 11.9. The Labute approximate surface area is 146 Å². The van der Waals surface area contributed by atoms with Crippen molar-refractivity contribution in [1.29, 1.82) is 0 Å². The van der Waals surface area contributed by atoms with Crippen molar-refractivity contribution in [3.8, 4) is 22.3 Å². The van der Waals surface area contributed by atoms with Gasteiger partial charge >= 0.3 is 0 Å². The average molecular weight is 319 g/mol. The maximum atomic E-state index is 11.9. The number of ketones is 1. The molecule has 0 spiro atoms. The molecule has 3 aromatic rings. The number of hydrogen-bond acceptors (Lipinski definition) is 2. The first-order chi connectivity index (χ1) is 12.9. The van der Waals surface area contributed by atoms with E-state index in [2.05, 4.69) is 6.07 Å². The van der Waals surface area contributed by atoms with Crippen LogP contribution in [-0.2, 0) is 11.3 Å². The van der Waals surface area contributed by atoms with E-state index in [0.717, 1.165) is 27.8 Å². The number of methoxy groups -OCH3 is 1. The Kier molecular flexibility index (Phi) is 3.83. The van der Waals surface area contributed by atoms with Crippen LogP contribution >= 0.6 is 0 Å². The highest BCUT2D eigenvalue weighted by molar-refractivity contribution is 5.95. The lowest BCUT2D eigenvalue weighted by Gasteiger charge is -2.13. The van der Waals surface area contributed by atoms with Gasteiger partial charge in [0.05, 0.1) is 6.61 Å². The molecule has 0 fully saturated rings. The van der Waals surface area contributed by atoms with Gasteiger partial charge in [0.2, 0.25) is 0 Å². The van der Waals surface area contributed by atoms with E-state index in [1.165, 1.54) is 0 Å². The van der Waals surface area contributed by atoms with Crippen molar-refractivity contribution >= 4 is 5.78 Å². The molecule has 0 bridgehead atoms. The second-order valence-electron chi connectivity index (χ2n) is 5.59. The minimum absolute atomic E-state index is 0.191. The lowest BCUT2D eigenvalue weighted by molar-refractivity contribution is 0.101. The Hall–Kier alpha value is -2.71. The molecule has 0 heterocycles. The molecule has 0 amide bonds. The SMILES string of the molecule is [2H]C([2H])([2H])C(=O)c1ccc(-c2ccc(COC)cc2-c2ccccc2)cc1. The maximum Gasteiger partial charge on any atom is 0.159 e. The molecule has 120 valence electrons. The molecule has 3 rings (SSSR count). The van der Waals surface area contributed by atoms with E-state index in [4.69, 9.17) is 8.85 Å². The highest BCUT2D eigenvalue weighted by Crippen LogP contribution is 2.33. The highest BCUT2D eigenvalue weighted by Gasteiger charge is 2.09. The quantitative estimate of drug-likeness (QED) is 0.591. The fraction of sp³-hybridized carbons (Fsp3) is 0.136. The molecule has 2 nitrogen and oxygen atoms in total. The summed E-state index contributed by atoms with van der Waals surface area (Å²) in [5.41, 5.74) is 5.31. The Bertz CT molecular complexity index is 930. The predicted molar refractivity (Wildman–Crippen MR) is 98.0 cm³/mol. The first kappa shape index (κ1) is 12.7. The van der Waals surface area contributed by atoms with Crippen molar-refractivity contribution < 1.29 is 13.6 Å². The Morgan fingerprint density at radius 1 is 0.917 bits per heavy atom. The van der Waals surface area contributed by atoms with Crippen molar-refractivity contribution in [2.24, 2.45) is 0 Å². The van der Waals surface area contributed by atoms with Crippen LogP contribution in [0.1, 0.15) is 26.9 Å². The Morgan fingerprint density at radius 2 is 1.62 bits per heavy atom. The summed E-state index contributed by atoms with van der Waals surface area (Å²) in [6, 6.07) is 22.9. The zero-order chi connectivity index (χ0) is 19.4. The van der Waals surface area contributed by atoms with E-state index < -0.39 is 12.6 Å². The molecule has 0 aliphatic carbocycles. The molecule has 2 heteroatoms. The molecule has 0 aromatic heterocycles. The molecular formula is C22H20O2. The molecule has 3 aromatic carbocycles. The number of carbonyl (C=O) groups is 1. The van der Waals surface area contributed by atoms with E-state index in [0.29, 0.717) is 6.61 Å². The number of carbonyl (C=O) groups excluding carboxylic acids is 1. The molecule has 0 unspecified atom stereocenters. The maximum absolute atomic E-state index is 11.9. The second-order valence-corrected chi connectivity index (χ2v) is 5.59. The standard InChI is InChI=1S/C22H20O2/c1-16(23)18-9-11-20(12-10-18)21-13-8-17(15-24-2)14-22(21)19-6-4-3-5-7-19/h3-14H,15H2,1-2H3/i1D3. The summed E-state index contributed by atoms with van der Waals surface area (Å²) >= 11 is 0.